The summed E-state index contributed by atoms with van der Waals surface area (Å²) in [6.07, 6.45) is 0. The number of nitrogens with zero attached hydrogens (tertiary/aromatic N) is 2. The molecule has 5 nitrogen and oxygen atoms in total. The molecule has 0 spiro atoms. The highest BCUT2D eigenvalue weighted by molar-refractivity contribution is 6.03. The second-order valence-electron chi connectivity index (χ2n) is 4.73. The summed E-state index contributed by atoms with van der Waals surface area (Å²) >= 11 is 0. The van der Waals surface area contributed by atoms with Crippen molar-refractivity contribution < 1.29 is 9.18 Å². The zero-order chi connectivity index (χ0) is 16.1. The van der Waals surface area contributed by atoms with Gasteiger partial charge in [-0.3, -0.25) is 4.79 Å². The lowest BCUT2D eigenvalue weighted by Gasteiger charge is -2.07. The van der Waals surface area contributed by atoms with E-state index in [1.807, 2.05) is 30.3 Å². The maximum atomic E-state index is 13.5. The third-order valence-corrected chi connectivity index (χ3v) is 3.07. The van der Waals surface area contributed by atoms with E-state index in [0.717, 1.165) is 5.69 Å². The van der Waals surface area contributed by atoms with E-state index in [1.54, 1.807) is 18.2 Å². The molecular formula is C17H13FN4O. The van der Waals surface area contributed by atoms with Crippen LogP contribution in [0.25, 0.3) is 0 Å². The zero-order valence-corrected chi connectivity index (χ0v) is 12.0. The van der Waals surface area contributed by atoms with Crippen LogP contribution in [-0.4, -0.2) is 16.1 Å². The number of para-hydroxylation sites is 1. The normalized spacial score (nSPS) is 10.1. The Morgan fingerprint density at radius 1 is 0.826 bits per heavy atom. The summed E-state index contributed by atoms with van der Waals surface area (Å²) in [5.74, 6) is -0.363. The van der Waals surface area contributed by atoms with E-state index in [-0.39, 0.29) is 11.4 Å². The Hall–Kier alpha value is -3.28. The van der Waals surface area contributed by atoms with Gasteiger partial charge in [0.25, 0.3) is 5.91 Å². The topological polar surface area (TPSA) is 66.9 Å². The van der Waals surface area contributed by atoms with Crippen LogP contribution in [0.15, 0.2) is 66.7 Å². The predicted molar refractivity (Wildman–Crippen MR) is 86.1 cm³/mol. The van der Waals surface area contributed by atoms with Crippen molar-refractivity contribution in [3.63, 3.8) is 0 Å². The van der Waals surface area contributed by atoms with Crippen molar-refractivity contribution in [3.05, 3.63) is 78.1 Å². The van der Waals surface area contributed by atoms with Crippen molar-refractivity contribution in [3.8, 4) is 0 Å². The van der Waals surface area contributed by atoms with Crippen molar-refractivity contribution in [1.82, 2.24) is 10.2 Å². The number of benzene rings is 2. The maximum absolute atomic E-state index is 13.5. The second kappa shape index (κ2) is 6.65. The molecule has 0 atom stereocenters. The lowest BCUT2D eigenvalue weighted by atomic mass is 10.2. The van der Waals surface area contributed by atoms with Crippen molar-refractivity contribution in [2.24, 2.45) is 0 Å². The van der Waals surface area contributed by atoms with Crippen molar-refractivity contribution in [2.45, 2.75) is 0 Å². The summed E-state index contributed by atoms with van der Waals surface area (Å²) in [5.41, 5.74) is 0.839. The number of carbonyl (C=O) groups is 1. The van der Waals surface area contributed by atoms with Gasteiger partial charge in [-0.2, -0.15) is 0 Å². The molecule has 0 aliphatic carbocycles. The summed E-state index contributed by atoms with van der Waals surface area (Å²) in [7, 11) is 0. The third kappa shape index (κ3) is 3.68. The molecule has 2 N–H and O–H groups in total. The molecule has 2 aromatic carbocycles. The van der Waals surface area contributed by atoms with Crippen LogP contribution in [0.1, 0.15) is 10.4 Å². The minimum Gasteiger partial charge on any atom is -0.339 e. The third-order valence-electron chi connectivity index (χ3n) is 3.07. The first-order chi connectivity index (χ1) is 11.2. The van der Waals surface area contributed by atoms with Gasteiger partial charge in [-0.05, 0) is 36.4 Å². The summed E-state index contributed by atoms with van der Waals surface area (Å²) in [5, 5.41) is 13.5. The molecule has 1 heterocycles. The molecular weight excluding hydrogens is 295 g/mol. The SMILES string of the molecule is O=C(Nc1ccc(Nc2ccccc2)nn1)c1ccccc1F. The van der Waals surface area contributed by atoms with E-state index in [9.17, 15) is 9.18 Å². The Morgan fingerprint density at radius 2 is 1.48 bits per heavy atom. The first-order valence-electron chi connectivity index (χ1n) is 6.94. The van der Waals surface area contributed by atoms with Gasteiger partial charge in [-0.15, -0.1) is 10.2 Å². The number of aromatic nitrogens is 2. The van der Waals surface area contributed by atoms with Gasteiger partial charge < -0.3 is 10.6 Å². The smallest absolute Gasteiger partial charge is 0.259 e. The number of carbonyl (C=O) groups excluding carboxylic acids is 1. The number of rotatable bonds is 4. The van der Waals surface area contributed by atoms with Gasteiger partial charge in [-0.25, -0.2) is 4.39 Å². The fraction of sp³-hybridized carbons (Fsp3) is 0. The number of nitrogens with one attached hydrogen (secondary N) is 2. The fourth-order valence-electron chi connectivity index (χ4n) is 1.96. The molecule has 0 radical (unpaired) electrons. The molecule has 0 saturated heterocycles. The monoisotopic (exact) mass is 308 g/mol. The minimum absolute atomic E-state index is 0.0409. The zero-order valence-electron chi connectivity index (χ0n) is 12.0. The maximum Gasteiger partial charge on any atom is 0.259 e. The largest absolute Gasteiger partial charge is 0.339 e. The van der Waals surface area contributed by atoms with Gasteiger partial charge in [-0.1, -0.05) is 30.3 Å². The van der Waals surface area contributed by atoms with Crippen LogP contribution >= 0.6 is 0 Å². The summed E-state index contributed by atoms with van der Waals surface area (Å²) in [6.45, 7) is 0. The van der Waals surface area contributed by atoms with Gasteiger partial charge in [0.05, 0.1) is 5.56 Å². The van der Waals surface area contributed by atoms with Crippen LogP contribution < -0.4 is 10.6 Å². The molecule has 1 amide bonds. The summed E-state index contributed by atoms with van der Waals surface area (Å²) < 4.78 is 13.5. The molecule has 0 aliphatic rings. The van der Waals surface area contributed by atoms with Crippen LogP contribution in [0, 0.1) is 5.82 Å². The van der Waals surface area contributed by atoms with Crippen LogP contribution in [0.5, 0.6) is 0 Å². The number of halogens is 1. The summed E-state index contributed by atoms with van der Waals surface area (Å²) in [6, 6.07) is 18.5. The Morgan fingerprint density at radius 3 is 2.17 bits per heavy atom. The number of hydrogen-bond acceptors (Lipinski definition) is 4. The van der Waals surface area contributed by atoms with Crippen molar-refractivity contribution in [2.75, 3.05) is 10.6 Å². The lowest BCUT2D eigenvalue weighted by Crippen LogP contribution is -2.15. The molecule has 3 rings (SSSR count). The van der Waals surface area contributed by atoms with Gasteiger partial charge in [0, 0.05) is 5.69 Å². The van der Waals surface area contributed by atoms with E-state index >= 15 is 0 Å². The van der Waals surface area contributed by atoms with Gasteiger partial charge >= 0.3 is 0 Å². The molecule has 6 heteroatoms. The molecule has 0 fully saturated rings. The Labute approximate surface area is 132 Å². The molecule has 0 bridgehead atoms. The van der Waals surface area contributed by atoms with E-state index in [0.29, 0.717) is 5.82 Å². The summed E-state index contributed by atoms with van der Waals surface area (Å²) in [4.78, 5) is 12.0. The van der Waals surface area contributed by atoms with E-state index in [2.05, 4.69) is 20.8 Å². The lowest BCUT2D eigenvalue weighted by molar-refractivity contribution is 0.102. The Kier molecular flexibility index (Phi) is 4.24. The second-order valence-corrected chi connectivity index (χ2v) is 4.73. The first-order valence-corrected chi connectivity index (χ1v) is 6.94. The minimum atomic E-state index is -0.583. The van der Waals surface area contributed by atoms with Crippen LogP contribution in [0.4, 0.5) is 21.7 Å². The molecule has 0 saturated carbocycles. The highest BCUT2D eigenvalue weighted by atomic mass is 19.1. The quantitative estimate of drug-likeness (QED) is 0.772. The molecule has 23 heavy (non-hydrogen) atoms. The number of amides is 1. The van der Waals surface area contributed by atoms with Crippen LogP contribution in [-0.2, 0) is 0 Å². The van der Waals surface area contributed by atoms with E-state index in [4.69, 9.17) is 0 Å². The van der Waals surface area contributed by atoms with Gasteiger partial charge in [0.1, 0.15) is 5.82 Å². The molecule has 0 aliphatic heterocycles. The highest BCUT2D eigenvalue weighted by Gasteiger charge is 2.11. The van der Waals surface area contributed by atoms with Crippen LogP contribution in [0.3, 0.4) is 0 Å². The Bertz CT molecular complexity index is 806. The molecule has 1 aromatic heterocycles. The first kappa shape index (κ1) is 14.6. The highest BCUT2D eigenvalue weighted by Crippen LogP contribution is 2.15. The van der Waals surface area contributed by atoms with E-state index in [1.165, 1.54) is 18.2 Å². The molecule has 0 unspecified atom stereocenters. The molecule has 114 valence electrons. The average Bonchev–Trinajstić information content (AvgIpc) is 2.58. The fourth-order valence-corrected chi connectivity index (χ4v) is 1.96. The predicted octanol–water partition coefficient (Wildman–Crippen LogP) is 3.61. The van der Waals surface area contributed by atoms with Crippen molar-refractivity contribution >= 4 is 23.2 Å². The van der Waals surface area contributed by atoms with Crippen LogP contribution in [0.2, 0.25) is 0 Å². The van der Waals surface area contributed by atoms with Gasteiger partial charge in [0.2, 0.25) is 0 Å². The standard InChI is InChI=1S/C17H13FN4O/c18-14-9-5-4-8-13(14)17(23)20-16-11-10-15(21-22-16)19-12-6-2-1-3-7-12/h1-11H,(H,19,21)(H,20,22,23). The number of hydrogen-bond donors (Lipinski definition) is 2. The van der Waals surface area contributed by atoms with Gasteiger partial charge in [0.15, 0.2) is 11.6 Å². The average molecular weight is 308 g/mol. The number of anilines is 3. The Balaban J connectivity index is 1.68. The van der Waals surface area contributed by atoms with E-state index < -0.39 is 11.7 Å². The molecule has 3 aromatic rings. The van der Waals surface area contributed by atoms with Crippen molar-refractivity contribution in [1.29, 1.82) is 0 Å².